The molecule has 156 valence electrons. The predicted octanol–water partition coefficient (Wildman–Crippen LogP) is 1.54. The SMILES string of the molecule is COCCOC(=O)Nc1cccc(NC(=O)CN(C)S(=O)(=O)c2cccnc2)c1. The summed E-state index contributed by atoms with van der Waals surface area (Å²) in [6.45, 7) is -0.0105. The van der Waals surface area contributed by atoms with Gasteiger partial charge in [0.1, 0.15) is 11.5 Å². The van der Waals surface area contributed by atoms with Crippen LogP contribution in [0.3, 0.4) is 0 Å². The number of benzene rings is 1. The summed E-state index contributed by atoms with van der Waals surface area (Å²) in [6, 6.07) is 9.26. The van der Waals surface area contributed by atoms with Crippen molar-refractivity contribution in [3.05, 3.63) is 48.8 Å². The van der Waals surface area contributed by atoms with Crippen molar-refractivity contribution in [1.29, 1.82) is 0 Å². The summed E-state index contributed by atoms with van der Waals surface area (Å²) in [5, 5.41) is 5.11. The van der Waals surface area contributed by atoms with Crippen molar-refractivity contribution in [2.24, 2.45) is 0 Å². The highest BCUT2D eigenvalue weighted by Gasteiger charge is 2.23. The molecule has 0 spiro atoms. The van der Waals surface area contributed by atoms with Crippen LogP contribution >= 0.6 is 0 Å². The van der Waals surface area contributed by atoms with Crippen molar-refractivity contribution in [2.75, 3.05) is 44.5 Å². The summed E-state index contributed by atoms with van der Waals surface area (Å²) in [4.78, 5) is 27.7. The van der Waals surface area contributed by atoms with Gasteiger partial charge in [0, 0.05) is 37.9 Å². The van der Waals surface area contributed by atoms with Crippen molar-refractivity contribution < 1.29 is 27.5 Å². The third-order valence-corrected chi connectivity index (χ3v) is 5.41. The van der Waals surface area contributed by atoms with E-state index in [1.165, 1.54) is 44.8 Å². The second kappa shape index (κ2) is 10.5. The predicted molar refractivity (Wildman–Crippen MR) is 106 cm³/mol. The fraction of sp³-hybridized carbons (Fsp3) is 0.278. The number of rotatable bonds is 9. The number of methoxy groups -OCH3 is 1. The van der Waals surface area contributed by atoms with Crippen LogP contribution in [0, 0.1) is 0 Å². The first kappa shape index (κ1) is 22.3. The van der Waals surface area contributed by atoms with Gasteiger partial charge in [-0.2, -0.15) is 4.31 Å². The molecule has 29 heavy (non-hydrogen) atoms. The van der Waals surface area contributed by atoms with Gasteiger partial charge in [-0.15, -0.1) is 0 Å². The molecule has 0 aliphatic rings. The third kappa shape index (κ3) is 6.82. The first-order valence-electron chi connectivity index (χ1n) is 8.52. The number of carbonyl (C=O) groups excluding carboxylic acids is 2. The molecule has 10 nitrogen and oxygen atoms in total. The number of aromatic nitrogens is 1. The quantitative estimate of drug-likeness (QED) is 0.587. The molecule has 0 saturated carbocycles. The molecule has 0 saturated heterocycles. The van der Waals surface area contributed by atoms with E-state index in [9.17, 15) is 18.0 Å². The van der Waals surface area contributed by atoms with Crippen LogP contribution in [0.5, 0.6) is 0 Å². The van der Waals surface area contributed by atoms with Crippen LogP contribution in [0.4, 0.5) is 16.2 Å². The maximum absolute atomic E-state index is 12.4. The topological polar surface area (TPSA) is 127 Å². The number of carbonyl (C=O) groups is 2. The van der Waals surface area contributed by atoms with Crippen LogP contribution in [0.15, 0.2) is 53.7 Å². The zero-order valence-corrected chi connectivity index (χ0v) is 16.8. The molecule has 0 bridgehead atoms. The molecule has 1 heterocycles. The molecule has 2 N–H and O–H groups in total. The number of nitrogens with zero attached hydrogens (tertiary/aromatic N) is 2. The lowest BCUT2D eigenvalue weighted by Gasteiger charge is -2.16. The molecule has 0 fully saturated rings. The molecule has 1 aromatic heterocycles. The van der Waals surface area contributed by atoms with Crippen molar-refractivity contribution in [3.63, 3.8) is 0 Å². The van der Waals surface area contributed by atoms with Crippen LogP contribution < -0.4 is 10.6 Å². The standard InChI is InChI=1S/C18H22N4O6S/c1-22(29(25,26)16-7-4-8-19-12-16)13-17(23)20-14-5-3-6-15(11-14)21-18(24)28-10-9-27-2/h3-8,11-12H,9-10,13H2,1-2H3,(H,20,23)(H,21,24). The molecule has 2 amide bonds. The Bertz CT molecular complexity index is 936. The average molecular weight is 422 g/mol. The lowest BCUT2D eigenvalue weighted by molar-refractivity contribution is -0.116. The van der Waals surface area contributed by atoms with Crippen LogP contribution in [-0.4, -0.2) is 63.6 Å². The average Bonchev–Trinajstić information content (AvgIpc) is 2.69. The Kier molecular flexibility index (Phi) is 8.07. The van der Waals surface area contributed by atoms with E-state index in [1.807, 2.05) is 0 Å². The van der Waals surface area contributed by atoms with Gasteiger partial charge in [0.15, 0.2) is 0 Å². The van der Waals surface area contributed by atoms with Gasteiger partial charge in [0.05, 0.1) is 13.2 Å². The van der Waals surface area contributed by atoms with Crippen LogP contribution in [-0.2, 0) is 24.3 Å². The van der Waals surface area contributed by atoms with E-state index in [0.29, 0.717) is 11.4 Å². The van der Waals surface area contributed by atoms with Crippen LogP contribution in [0.1, 0.15) is 0 Å². The number of amides is 2. The Morgan fingerprint density at radius 2 is 1.83 bits per heavy atom. The second-order valence-electron chi connectivity index (χ2n) is 5.83. The van der Waals surface area contributed by atoms with E-state index >= 15 is 0 Å². The Morgan fingerprint density at radius 3 is 2.48 bits per heavy atom. The summed E-state index contributed by atoms with van der Waals surface area (Å²) in [5.41, 5.74) is 0.790. The molecule has 0 atom stereocenters. The van der Waals surface area contributed by atoms with E-state index < -0.39 is 28.6 Å². The van der Waals surface area contributed by atoms with Gasteiger partial charge in [0.2, 0.25) is 15.9 Å². The number of hydrogen-bond acceptors (Lipinski definition) is 7. The number of hydrogen-bond donors (Lipinski definition) is 2. The third-order valence-electron chi connectivity index (χ3n) is 3.62. The molecule has 0 aliphatic heterocycles. The van der Waals surface area contributed by atoms with Crippen molar-refractivity contribution >= 4 is 33.4 Å². The first-order chi connectivity index (χ1) is 13.8. The van der Waals surface area contributed by atoms with Crippen molar-refractivity contribution in [3.8, 4) is 0 Å². The Hall–Kier alpha value is -3.02. The number of nitrogens with one attached hydrogen (secondary N) is 2. The number of likely N-dealkylation sites (N-methyl/N-ethyl adjacent to an activating group) is 1. The molecule has 0 unspecified atom stereocenters. The fourth-order valence-electron chi connectivity index (χ4n) is 2.21. The Labute approximate surface area is 168 Å². The lowest BCUT2D eigenvalue weighted by atomic mass is 10.2. The molecular formula is C18H22N4O6S. The minimum Gasteiger partial charge on any atom is -0.447 e. The number of ether oxygens (including phenoxy) is 2. The van der Waals surface area contributed by atoms with E-state index in [0.717, 1.165) is 4.31 Å². The second-order valence-corrected chi connectivity index (χ2v) is 7.88. The van der Waals surface area contributed by atoms with Crippen molar-refractivity contribution in [1.82, 2.24) is 9.29 Å². The van der Waals surface area contributed by atoms with Crippen LogP contribution in [0.2, 0.25) is 0 Å². The summed E-state index contributed by atoms with van der Waals surface area (Å²) in [6.07, 6.45) is 2.01. The van der Waals surface area contributed by atoms with Gasteiger partial charge in [-0.05, 0) is 30.3 Å². The summed E-state index contributed by atoms with van der Waals surface area (Å²) >= 11 is 0. The van der Waals surface area contributed by atoms with Crippen molar-refractivity contribution in [2.45, 2.75) is 4.90 Å². The van der Waals surface area contributed by atoms with E-state index in [-0.39, 0.29) is 18.1 Å². The monoisotopic (exact) mass is 422 g/mol. The molecule has 11 heteroatoms. The fourth-order valence-corrected chi connectivity index (χ4v) is 3.31. The summed E-state index contributed by atoms with van der Waals surface area (Å²) < 4.78 is 35.5. The minimum absolute atomic E-state index is 0.00603. The molecular weight excluding hydrogens is 400 g/mol. The number of sulfonamides is 1. The highest BCUT2D eigenvalue weighted by Crippen LogP contribution is 2.16. The zero-order valence-electron chi connectivity index (χ0n) is 16.0. The molecule has 1 aromatic carbocycles. The highest BCUT2D eigenvalue weighted by molar-refractivity contribution is 7.89. The van der Waals surface area contributed by atoms with Gasteiger partial charge in [-0.25, -0.2) is 13.2 Å². The van der Waals surface area contributed by atoms with E-state index in [1.54, 1.807) is 18.2 Å². The maximum atomic E-state index is 12.4. The summed E-state index contributed by atoms with van der Waals surface area (Å²) in [5.74, 6) is -0.542. The molecule has 2 rings (SSSR count). The molecule has 2 aromatic rings. The first-order valence-corrected chi connectivity index (χ1v) is 9.96. The Morgan fingerprint density at radius 1 is 1.10 bits per heavy atom. The molecule has 0 aliphatic carbocycles. The smallest absolute Gasteiger partial charge is 0.411 e. The van der Waals surface area contributed by atoms with Gasteiger partial charge < -0.3 is 14.8 Å². The van der Waals surface area contributed by atoms with Gasteiger partial charge in [-0.3, -0.25) is 15.1 Å². The molecule has 0 radical (unpaired) electrons. The van der Waals surface area contributed by atoms with E-state index in [2.05, 4.69) is 15.6 Å². The van der Waals surface area contributed by atoms with Gasteiger partial charge >= 0.3 is 6.09 Å². The van der Waals surface area contributed by atoms with Gasteiger partial charge in [-0.1, -0.05) is 6.07 Å². The zero-order chi connectivity index (χ0) is 21.3. The largest absolute Gasteiger partial charge is 0.447 e. The van der Waals surface area contributed by atoms with E-state index in [4.69, 9.17) is 9.47 Å². The minimum atomic E-state index is -3.84. The van der Waals surface area contributed by atoms with Gasteiger partial charge in [0.25, 0.3) is 0 Å². The maximum Gasteiger partial charge on any atom is 0.411 e. The normalized spacial score (nSPS) is 11.1. The number of anilines is 2. The number of pyridine rings is 1. The summed E-state index contributed by atoms with van der Waals surface area (Å²) in [7, 11) is -1.04. The highest BCUT2D eigenvalue weighted by atomic mass is 32.2. The Balaban J connectivity index is 1.94. The van der Waals surface area contributed by atoms with Crippen LogP contribution in [0.25, 0.3) is 0 Å². The lowest BCUT2D eigenvalue weighted by Crippen LogP contribution is -2.35.